The Morgan fingerprint density at radius 1 is 1.14 bits per heavy atom. The molecule has 1 aromatic heterocycles. The quantitative estimate of drug-likeness (QED) is 0.441. The zero-order valence-electron chi connectivity index (χ0n) is 10.0. The lowest BCUT2D eigenvalue weighted by Gasteiger charge is -2.04. The van der Waals surface area contributed by atoms with E-state index in [0.29, 0.717) is 6.07 Å². The number of nitro groups is 2. The van der Waals surface area contributed by atoms with Gasteiger partial charge in [-0.05, 0) is 18.3 Å². The summed E-state index contributed by atoms with van der Waals surface area (Å²) < 4.78 is -0.161. The number of rotatable bonds is 3. The lowest BCUT2D eigenvalue weighted by atomic mass is 10.1. The second kappa shape index (κ2) is 5.13. The van der Waals surface area contributed by atoms with Crippen LogP contribution < -0.4 is 5.56 Å². The second-order valence-corrected chi connectivity index (χ2v) is 4.26. The highest BCUT2D eigenvalue weighted by atomic mass is 32.1. The van der Waals surface area contributed by atoms with E-state index in [9.17, 15) is 30.1 Å². The zero-order chi connectivity index (χ0) is 15.7. The van der Waals surface area contributed by atoms with E-state index in [1.807, 2.05) is 0 Å². The van der Waals surface area contributed by atoms with Crippen molar-refractivity contribution in [3.05, 3.63) is 53.6 Å². The van der Waals surface area contributed by atoms with Gasteiger partial charge in [0.2, 0.25) is 5.88 Å². The molecule has 108 valence electrons. The highest BCUT2D eigenvalue weighted by Gasteiger charge is 2.24. The fourth-order valence-electron chi connectivity index (χ4n) is 1.72. The molecule has 11 heteroatoms. The van der Waals surface area contributed by atoms with E-state index in [1.54, 1.807) is 0 Å². The van der Waals surface area contributed by atoms with Crippen molar-refractivity contribution in [1.82, 2.24) is 9.97 Å². The van der Waals surface area contributed by atoms with Gasteiger partial charge in [-0.1, -0.05) is 0 Å². The Morgan fingerprint density at radius 3 is 2.33 bits per heavy atom. The normalized spacial score (nSPS) is 10.3. The number of H-pyrrole nitrogens is 2. The summed E-state index contributed by atoms with van der Waals surface area (Å²) in [6.07, 6.45) is 0. The number of nitrogens with one attached hydrogen (secondary N) is 2. The fourth-order valence-corrected chi connectivity index (χ4v) is 1.91. The molecule has 1 heterocycles. The smallest absolute Gasteiger partial charge is 0.284 e. The molecule has 2 rings (SSSR count). The maximum atomic E-state index is 11.8. The number of non-ortho nitro benzene ring substituents is 1. The van der Waals surface area contributed by atoms with Crippen molar-refractivity contribution in [3.8, 4) is 17.0 Å². The molecular weight excluding hydrogens is 304 g/mol. The van der Waals surface area contributed by atoms with Crippen molar-refractivity contribution >= 4 is 23.6 Å². The molecule has 0 amide bonds. The van der Waals surface area contributed by atoms with Crippen molar-refractivity contribution in [1.29, 1.82) is 0 Å². The number of hydrogen-bond acceptors (Lipinski definition) is 7. The molecule has 10 nitrogen and oxygen atoms in total. The number of nitro benzene ring substituents is 2. The van der Waals surface area contributed by atoms with E-state index in [-0.39, 0.29) is 10.3 Å². The van der Waals surface area contributed by atoms with Gasteiger partial charge in [0.1, 0.15) is 5.56 Å². The molecule has 0 saturated carbocycles. The molecule has 0 saturated heterocycles. The number of nitrogens with zero attached hydrogens (tertiary/aromatic N) is 2. The molecule has 0 unspecified atom stereocenters. The van der Waals surface area contributed by atoms with Gasteiger partial charge in [0, 0.05) is 6.07 Å². The molecule has 0 fully saturated rings. The average Bonchev–Trinajstić information content (AvgIpc) is 2.37. The van der Waals surface area contributed by atoms with Crippen LogP contribution >= 0.6 is 12.2 Å². The van der Waals surface area contributed by atoms with Gasteiger partial charge in [-0.2, -0.15) is 0 Å². The van der Waals surface area contributed by atoms with Gasteiger partial charge in [-0.15, -0.1) is 0 Å². The van der Waals surface area contributed by atoms with E-state index >= 15 is 0 Å². The van der Waals surface area contributed by atoms with Crippen molar-refractivity contribution < 1.29 is 15.0 Å². The van der Waals surface area contributed by atoms with Crippen LogP contribution in [0.2, 0.25) is 0 Å². The van der Waals surface area contributed by atoms with Crippen molar-refractivity contribution in [2.75, 3.05) is 0 Å². The third-order valence-corrected chi connectivity index (χ3v) is 2.79. The molecule has 0 aliphatic heterocycles. The van der Waals surface area contributed by atoms with Crippen molar-refractivity contribution in [2.24, 2.45) is 0 Å². The van der Waals surface area contributed by atoms with Gasteiger partial charge in [0.15, 0.2) is 4.77 Å². The van der Waals surface area contributed by atoms with E-state index in [0.717, 1.165) is 12.1 Å². The largest absolute Gasteiger partial charge is 0.494 e. The molecule has 3 N–H and O–H groups in total. The van der Waals surface area contributed by atoms with Crippen LogP contribution in [0, 0.1) is 25.0 Å². The first kappa shape index (κ1) is 14.3. The lowest BCUT2D eigenvalue weighted by Crippen LogP contribution is -2.11. The minimum absolute atomic E-state index is 0.161. The number of aromatic amines is 2. The molecule has 0 bridgehead atoms. The first-order chi connectivity index (χ1) is 9.81. The van der Waals surface area contributed by atoms with Crippen LogP contribution in [0.15, 0.2) is 23.0 Å². The first-order valence-electron chi connectivity index (χ1n) is 5.30. The summed E-state index contributed by atoms with van der Waals surface area (Å²) in [5.74, 6) is -0.666. The molecule has 0 aliphatic rings. The maximum Gasteiger partial charge on any atom is 0.284 e. The number of aromatic nitrogens is 2. The third-order valence-electron chi connectivity index (χ3n) is 2.58. The molecule has 0 aliphatic carbocycles. The lowest BCUT2D eigenvalue weighted by molar-refractivity contribution is -0.393. The summed E-state index contributed by atoms with van der Waals surface area (Å²) in [5.41, 5.74) is -2.74. The summed E-state index contributed by atoms with van der Waals surface area (Å²) in [6, 6.07) is 2.70. The predicted molar refractivity (Wildman–Crippen MR) is 72.7 cm³/mol. The Kier molecular flexibility index (Phi) is 3.50. The Morgan fingerprint density at radius 2 is 1.81 bits per heavy atom. The summed E-state index contributed by atoms with van der Waals surface area (Å²) >= 11 is 4.64. The Labute approximate surface area is 120 Å². The Balaban J connectivity index is 2.82. The second-order valence-electron chi connectivity index (χ2n) is 3.85. The van der Waals surface area contributed by atoms with Gasteiger partial charge in [-0.3, -0.25) is 30.0 Å². The van der Waals surface area contributed by atoms with Crippen LogP contribution in [0.1, 0.15) is 0 Å². The summed E-state index contributed by atoms with van der Waals surface area (Å²) in [7, 11) is 0. The highest BCUT2D eigenvalue weighted by Crippen LogP contribution is 2.34. The SMILES string of the molecule is O=c1[nH]c(=S)[nH]c(O)c1-c1ccc([N+](=O)[O-])cc1[N+](=O)[O-]. The van der Waals surface area contributed by atoms with Crippen LogP contribution in [0.5, 0.6) is 5.88 Å². The van der Waals surface area contributed by atoms with Crippen LogP contribution in [-0.2, 0) is 0 Å². The van der Waals surface area contributed by atoms with Gasteiger partial charge in [0.25, 0.3) is 16.9 Å². The predicted octanol–water partition coefficient (Wildman–Crippen LogP) is 1.62. The van der Waals surface area contributed by atoms with Gasteiger partial charge in [0.05, 0.1) is 21.5 Å². The maximum absolute atomic E-state index is 11.8. The Hall–Kier alpha value is -3.08. The first-order valence-corrected chi connectivity index (χ1v) is 5.71. The topological polar surface area (TPSA) is 155 Å². The summed E-state index contributed by atoms with van der Waals surface area (Å²) in [6.45, 7) is 0. The fraction of sp³-hybridized carbons (Fsp3) is 0. The monoisotopic (exact) mass is 310 g/mol. The molecule has 0 spiro atoms. The number of aromatic hydroxyl groups is 1. The van der Waals surface area contributed by atoms with Crippen LogP contribution in [0.25, 0.3) is 11.1 Å². The molecule has 0 radical (unpaired) electrons. The molecule has 0 atom stereocenters. The van der Waals surface area contributed by atoms with E-state index < -0.39 is 38.2 Å². The van der Waals surface area contributed by atoms with E-state index in [4.69, 9.17) is 0 Å². The summed E-state index contributed by atoms with van der Waals surface area (Å²) in [5, 5.41) is 31.4. The third kappa shape index (κ3) is 2.62. The number of hydrogen-bond donors (Lipinski definition) is 3. The molecule has 21 heavy (non-hydrogen) atoms. The van der Waals surface area contributed by atoms with Gasteiger partial charge < -0.3 is 10.1 Å². The molecule has 1 aromatic carbocycles. The zero-order valence-corrected chi connectivity index (χ0v) is 10.8. The summed E-state index contributed by atoms with van der Waals surface area (Å²) in [4.78, 5) is 36.2. The average molecular weight is 310 g/mol. The molecular formula is C10H6N4O6S. The van der Waals surface area contributed by atoms with Gasteiger partial charge in [-0.25, -0.2) is 0 Å². The van der Waals surface area contributed by atoms with Gasteiger partial charge >= 0.3 is 0 Å². The molecule has 2 aromatic rings. The van der Waals surface area contributed by atoms with E-state index in [2.05, 4.69) is 22.2 Å². The minimum Gasteiger partial charge on any atom is -0.494 e. The van der Waals surface area contributed by atoms with Crippen molar-refractivity contribution in [3.63, 3.8) is 0 Å². The highest BCUT2D eigenvalue weighted by molar-refractivity contribution is 7.71. The Bertz CT molecular complexity index is 871. The van der Waals surface area contributed by atoms with E-state index in [1.165, 1.54) is 0 Å². The van der Waals surface area contributed by atoms with Crippen LogP contribution in [0.3, 0.4) is 0 Å². The van der Waals surface area contributed by atoms with Crippen LogP contribution in [0.4, 0.5) is 11.4 Å². The standard InChI is InChI=1S/C10H6N4O6S/c15-8-7(9(16)12-10(21)11-8)5-2-1-4(13(17)18)3-6(5)14(19)20/h1-3H,(H3,11,12,15,16,21). The van der Waals surface area contributed by atoms with Crippen molar-refractivity contribution in [2.45, 2.75) is 0 Å². The van der Waals surface area contributed by atoms with Crippen LogP contribution in [-0.4, -0.2) is 24.9 Å². The minimum atomic E-state index is -0.886. The number of benzene rings is 1.